The first-order valence-corrected chi connectivity index (χ1v) is 12.3. The number of piperidine rings is 2. The van der Waals surface area contributed by atoms with Gasteiger partial charge in [-0.1, -0.05) is 0 Å². The Morgan fingerprint density at radius 1 is 0.969 bits per heavy atom. The number of carbonyl (C=O) groups excluding carboxylic acids is 2. The molecule has 0 aromatic heterocycles. The van der Waals surface area contributed by atoms with E-state index in [1.165, 1.54) is 6.07 Å². The molecule has 1 aliphatic carbocycles. The Morgan fingerprint density at radius 3 is 2.53 bits per heavy atom. The second-order valence-electron chi connectivity index (χ2n) is 10.2. The van der Waals surface area contributed by atoms with E-state index in [0.717, 1.165) is 70.9 Å². The summed E-state index contributed by atoms with van der Waals surface area (Å²) in [6.07, 6.45) is 7.98. The number of likely N-dealkylation sites (tertiary alicyclic amines) is 1. The first-order valence-electron chi connectivity index (χ1n) is 12.3. The maximum atomic E-state index is 15.2. The number of anilines is 2. The lowest BCUT2D eigenvalue weighted by Gasteiger charge is -2.41. The lowest BCUT2D eigenvalue weighted by molar-refractivity contribution is -0.139. The standard InChI is InChI=1S/C25H34FN3O3/c26-21-16-19(28-14-2-1-4-23(28)31)7-10-22(21)27-13-3-11-25(17-27)12-15-29(24(25)32)18-5-8-20(30)9-6-18/h7,10,16,18,20,30H,1-6,8-9,11-15,17H2/t18-,20-,25-/m0/s1. The van der Waals surface area contributed by atoms with Gasteiger partial charge in [-0.15, -0.1) is 0 Å². The molecule has 1 aromatic carbocycles. The summed E-state index contributed by atoms with van der Waals surface area (Å²) in [5.74, 6) is -0.0341. The van der Waals surface area contributed by atoms with Gasteiger partial charge in [0.1, 0.15) is 5.82 Å². The fraction of sp³-hybridized carbons (Fsp3) is 0.680. The van der Waals surface area contributed by atoms with Crippen molar-refractivity contribution in [1.29, 1.82) is 0 Å². The Bertz CT molecular complexity index is 885. The Labute approximate surface area is 189 Å². The topological polar surface area (TPSA) is 64.1 Å². The SMILES string of the molecule is O=C1CCCCN1c1ccc(N2CCC[C@]3(CCN([C@H]4CC[C@H](O)CC4)C3=O)C2)c(F)c1. The van der Waals surface area contributed by atoms with Crippen LogP contribution in [0.25, 0.3) is 0 Å². The van der Waals surface area contributed by atoms with Gasteiger partial charge in [-0.3, -0.25) is 9.59 Å². The number of carbonyl (C=O) groups is 2. The van der Waals surface area contributed by atoms with Crippen LogP contribution in [0.3, 0.4) is 0 Å². The van der Waals surface area contributed by atoms with Crippen LogP contribution in [0.1, 0.15) is 64.2 Å². The Morgan fingerprint density at radius 2 is 1.78 bits per heavy atom. The maximum Gasteiger partial charge on any atom is 0.230 e. The van der Waals surface area contributed by atoms with E-state index in [4.69, 9.17) is 0 Å². The van der Waals surface area contributed by atoms with Crippen LogP contribution in [-0.2, 0) is 9.59 Å². The van der Waals surface area contributed by atoms with Gasteiger partial charge in [0.2, 0.25) is 11.8 Å². The van der Waals surface area contributed by atoms with Crippen LogP contribution in [0.2, 0.25) is 0 Å². The smallest absolute Gasteiger partial charge is 0.230 e. The second-order valence-corrected chi connectivity index (χ2v) is 10.2. The van der Waals surface area contributed by atoms with Crippen molar-refractivity contribution < 1.29 is 19.1 Å². The van der Waals surface area contributed by atoms with Crippen molar-refractivity contribution in [2.24, 2.45) is 5.41 Å². The molecule has 3 saturated heterocycles. The fourth-order valence-corrected chi connectivity index (χ4v) is 6.28. The van der Waals surface area contributed by atoms with E-state index < -0.39 is 5.41 Å². The molecule has 5 rings (SSSR count). The molecule has 1 saturated carbocycles. The number of halogens is 1. The molecule has 0 unspecified atom stereocenters. The van der Waals surface area contributed by atoms with Crippen LogP contribution < -0.4 is 9.80 Å². The summed E-state index contributed by atoms with van der Waals surface area (Å²) in [5.41, 5.74) is 0.733. The summed E-state index contributed by atoms with van der Waals surface area (Å²) in [6, 6.07) is 5.35. The Hall–Kier alpha value is -2.15. The molecule has 4 aliphatic rings. The summed E-state index contributed by atoms with van der Waals surface area (Å²) in [6.45, 7) is 2.71. The van der Waals surface area contributed by atoms with Gasteiger partial charge in [-0.05, 0) is 76.0 Å². The minimum Gasteiger partial charge on any atom is -0.393 e. The quantitative estimate of drug-likeness (QED) is 0.777. The van der Waals surface area contributed by atoms with E-state index in [1.54, 1.807) is 11.0 Å². The molecule has 2 amide bonds. The summed E-state index contributed by atoms with van der Waals surface area (Å²) in [7, 11) is 0. The minimum atomic E-state index is -0.428. The third kappa shape index (κ3) is 3.89. The molecule has 4 fully saturated rings. The van der Waals surface area contributed by atoms with Gasteiger partial charge in [0, 0.05) is 44.3 Å². The number of amides is 2. The molecule has 0 radical (unpaired) electrons. The molecule has 1 atom stereocenters. The van der Waals surface area contributed by atoms with Crippen molar-refractivity contribution in [3.8, 4) is 0 Å². The third-order valence-electron chi connectivity index (χ3n) is 8.14. The number of rotatable bonds is 3. The number of nitrogens with zero attached hydrogens (tertiary/aromatic N) is 3. The normalized spacial score (nSPS) is 31.6. The second kappa shape index (κ2) is 8.65. The van der Waals surface area contributed by atoms with Gasteiger partial charge in [-0.2, -0.15) is 0 Å². The summed E-state index contributed by atoms with van der Waals surface area (Å²) < 4.78 is 15.2. The van der Waals surface area contributed by atoms with Crippen molar-refractivity contribution in [3.63, 3.8) is 0 Å². The van der Waals surface area contributed by atoms with Crippen LogP contribution in [-0.4, -0.2) is 60.1 Å². The van der Waals surface area contributed by atoms with Gasteiger partial charge >= 0.3 is 0 Å². The molecule has 1 spiro atoms. The summed E-state index contributed by atoms with van der Waals surface area (Å²) in [5, 5.41) is 9.81. The number of aliphatic hydroxyl groups excluding tert-OH is 1. The van der Waals surface area contributed by atoms with E-state index in [9.17, 15) is 14.7 Å². The van der Waals surface area contributed by atoms with Crippen LogP contribution in [0, 0.1) is 11.2 Å². The highest BCUT2D eigenvalue weighted by Crippen LogP contribution is 2.44. The molecular formula is C25H34FN3O3. The molecule has 3 heterocycles. The molecular weight excluding hydrogens is 409 g/mol. The zero-order valence-electron chi connectivity index (χ0n) is 18.8. The predicted octanol–water partition coefficient (Wildman–Crippen LogP) is 3.47. The molecule has 1 N–H and O–H groups in total. The lowest BCUT2D eigenvalue weighted by atomic mass is 9.78. The molecule has 174 valence electrons. The van der Waals surface area contributed by atoms with E-state index >= 15 is 4.39 Å². The molecule has 32 heavy (non-hydrogen) atoms. The number of hydrogen-bond donors (Lipinski definition) is 1. The largest absolute Gasteiger partial charge is 0.393 e. The van der Waals surface area contributed by atoms with Crippen LogP contribution >= 0.6 is 0 Å². The van der Waals surface area contributed by atoms with Gasteiger partial charge in [0.25, 0.3) is 0 Å². The van der Waals surface area contributed by atoms with Gasteiger partial charge < -0.3 is 19.8 Å². The average Bonchev–Trinajstić information content (AvgIpc) is 3.10. The van der Waals surface area contributed by atoms with Crippen molar-refractivity contribution in [2.45, 2.75) is 76.4 Å². The molecule has 0 bridgehead atoms. The van der Waals surface area contributed by atoms with Crippen LogP contribution in [0.4, 0.5) is 15.8 Å². The van der Waals surface area contributed by atoms with Crippen LogP contribution in [0.15, 0.2) is 18.2 Å². The summed E-state index contributed by atoms with van der Waals surface area (Å²) in [4.78, 5) is 31.5. The lowest BCUT2D eigenvalue weighted by Crippen LogP contribution is -2.50. The van der Waals surface area contributed by atoms with E-state index in [1.807, 2.05) is 11.0 Å². The van der Waals surface area contributed by atoms with Gasteiger partial charge in [0.05, 0.1) is 17.2 Å². The van der Waals surface area contributed by atoms with Crippen molar-refractivity contribution in [1.82, 2.24) is 4.90 Å². The predicted molar refractivity (Wildman–Crippen MR) is 121 cm³/mol. The molecule has 1 aromatic rings. The molecule has 3 aliphatic heterocycles. The Kier molecular flexibility index (Phi) is 5.86. The number of aliphatic hydroxyl groups is 1. The van der Waals surface area contributed by atoms with E-state index in [0.29, 0.717) is 30.9 Å². The first kappa shape index (κ1) is 21.7. The highest BCUT2D eigenvalue weighted by molar-refractivity contribution is 5.94. The molecule has 7 heteroatoms. The maximum absolute atomic E-state index is 15.2. The van der Waals surface area contributed by atoms with Crippen molar-refractivity contribution in [2.75, 3.05) is 36.0 Å². The summed E-state index contributed by atoms with van der Waals surface area (Å²) >= 11 is 0. The number of hydrogen-bond acceptors (Lipinski definition) is 4. The average molecular weight is 444 g/mol. The highest BCUT2D eigenvalue weighted by Gasteiger charge is 2.50. The minimum absolute atomic E-state index is 0.0622. The fourth-order valence-electron chi connectivity index (χ4n) is 6.28. The number of benzene rings is 1. The van der Waals surface area contributed by atoms with Gasteiger partial charge in [0.15, 0.2) is 0 Å². The zero-order valence-corrected chi connectivity index (χ0v) is 18.8. The van der Waals surface area contributed by atoms with Crippen LogP contribution in [0.5, 0.6) is 0 Å². The first-order chi connectivity index (χ1) is 15.5. The third-order valence-corrected chi connectivity index (χ3v) is 8.14. The van der Waals surface area contributed by atoms with E-state index in [2.05, 4.69) is 4.90 Å². The molecule has 6 nitrogen and oxygen atoms in total. The van der Waals surface area contributed by atoms with E-state index in [-0.39, 0.29) is 29.8 Å². The van der Waals surface area contributed by atoms with Gasteiger partial charge in [-0.25, -0.2) is 4.39 Å². The van der Waals surface area contributed by atoms with Crippen molar-refractivity contribution >= 4 is 23.2 Å². The van der Waals surface area contributed by atoms with Crippen molar-refractivity contribution in [3.05, 3.63) is 24.0 Å². The monoisotopic (exact) mass is 443 g/mol. The highest BCUT2D eigenvalue weighted by atomic mass is 19.1. The zero-order chi connectivity index (χ0) is 22.3. The Balaban J connectivity index is 1.31.